The van der Waals surface area contributed by atoms with Gasteiger partial charge in [0.25, 0.3) is 5.91 Å². The van der Waals surface area contributed by atoms with Gasteiger partial charge in [0.2, 0.25) is 5.82 Å². The van der Waals surface area contributed by atoms with Crippen molar-refractivity contribution in [2.75, 3.05) is 5.32 Å². The third kappa shape index (κ3) is 1.74. The molecular formula is C6H6N6OS. The molecule has 0 spiro atoms. The van der Waals surface area contributed by atoms with Crippen molar-refractivity contribution in [2.24, 2.45) is 0 Å². The second kappa shape index (κ2) is 3.50. The van der Waals surface area contributed by atoms with Crippen molar-refractivity contribution < 1.29 is 4.79 Å². The fourth-order valence-electron chi connectivity index (χ4n) is 0.852. The highest BCUT2D eigenvalue weighted by Gasteiger charge is 2.10. The molecule has 0 saturated carbocycles. The number of nitrogens with zero attached hydrogens (tertiary/aromatic N) is 4. The summed E-state index contributed by atoms with van der Waals surface area (Å²) in [7, 11) is 0. The molecule has 72 valence electrons. The second-order valence-electron chi connectivity index (χ2n) is 2.46. The zero-order chi connectivity index (χ0) is 9.97. The Balaban J connectivity index is 2.09. The molecule has 8 heteroatoms. The first-order valence-corrected chi connectivity index (χ1v) is 4.61. The van der Waals surface area contributed by atoms with E-state index in [2.05, 4.69) is 30.9 Å². The number of anilines is 1. The van der Waals surface area contributed by atoms with Gasteiger partial charge in [-0.25, -0.2) is 10.1 Å². The summed E-state index contributed by atoms with van der Waals surface area (Å²) in [5.41, 5.74) is 0. The molecule has 0 aliphatic rings. The standard InChI is InChI=1S/C6H6N6OS/c1-3-7-4(2-14-3)8-6(13)5-9-11-12-10-5/h2H,1H3,(H,8,13)(H,9,10,11,12). The number of tetrazole rings is 1. The average molecular weight is 210 g/mol. The number of aryl methyl sites for hydroxylation is 1. The SMILES string of the molecule is Cc1nc(NC(=O)c2nnn[nH]2)cs1. The van der Waals surface area contributed by atoms with Crippen LogP contribution in [0.3, 0.4) is 0 Å². The minimum atomic E-state index is -0.403. The molecule has 0 aromatic carbocycles. The topological polar surface area (TPSA) is 96.5 Å². The smallest absolute Gasteiger partial charge is 0.296 e. The first kappa shape index (κ1) is 8.75. The summed E-state index contributed by atoms with van der Waals surface area (Å²) in [6.45, 7) is 1.86. The lowest BCUT2D eigenvalue weighted by molar-refractivity contribution is 0.101. The lowest BCUT2D eigenvalue weighted by atomic mass is 10.5. The Morgan fingerprint density at radius 3 is 3.07 bits per heavy atom. The number of thiazole rings is 1. The highest BCUT2D eigenvalue weighted by Crippen LogP contribution is 2.12. The van der Waals surface area contributed by atoms with E-state index in [9.17, 15) is 4.79 Å². The average Bonchev–Trinajstić information content (AvgIpc) is 2.75. The molecule has 14 heavy (non-hydrogen) atoms. The van der Waals surface area contributed by atoms with Crippen LogP contribution < -0.4 is 5.32 Å². The Labute approximate surface area is 82.6 Å². The number of aromatic nitrogens is 5. The van der Waals surface area contributed by atoms with Gasteiger partial charge >= 0.3 is 0 Å². The number of nitrogens with one attached hydrogen (secondary N) is 2. The van der Waals surface area contributed by atoms with Crippen molar-refractivity contribution in [1.29, 1.82) is 0 Å². The molecule has 2 aromatic heterocycles. The van der Waals surface area contributed by atoms with E-state index in [-0.39, 0.29) is 5.82 Å². The van der Waals surface area contributed by atoms with Crippen LogP contribution in [0.2, 0.25) is 0 Å². The number of carbonyl (C=O) groups is 1. The Hall–Kier alpha value is -1.83. The van der Waals surface area contributed by atoms with E-state index in [1.807, 2.05) is 6.92 Å². The predicted octanol–water partition coefficient (Wildman–Crippen LogP) is 0.217. The highest BCUT2D eigenvalue weighted by molar-refractivity contribution is 7.09. The van der Waals surface area contributed by atoms with E-state index in [1.54, 1.807) is 5.38 Å². The zero-order valence-corrected chi connectivity index (χ0v) is 8.00. The minimum Gasteiger partial charge on any atom is -0.303 e. The van der Waals surface area contributed by atoms with Crippen molar-refractivity contribution in [2.45, 2.75) is 6.92 Å². The number of H-pyrrole nitrogens is 1. The van der Waals surface area contributed by atoms with Crippen molar-refractivity contribution in [1.82, 2.24) is 25.6 Å². The maximum absolute atomic E-state index is 11.4. The number of carbonyl (C=O) groups excluding carboxylic acids is 1. The van der Waals surface area contributed by atoms with Gasteiger partial charge in [0.05, 0.1) is 5.01 Å². The normalized spacial score (nSPS) is 10.1. The van der Waals surface area contributed by atoms with Gasteiger partial charge in [0.1, 0.15) is 5.82 Å². The van der Waals surface area contributed by atoms with E-state index < -0.39 is 5.91 Å². The van der Waals surface area contributed by atoms with Gasteiger partial charge in [-0.15, -0.1) is 16.4 Å². The van der Waals surface area contributed by atoms with Gasteiger partial charge < -0.3 is 5.32 Å². The Morgan fingerprint density at radius 2 is 2.50 bits per heavy atom. The van der Waals surface area contributed by atoms with Crippen LogP contribution in [-0.2, 0) is 0 Å². The molecule has 0 radical (unpaired) electrons. The van der Waals surface area contributed by atoms with Gasteiger partial charge in [-0.2, -0.15) is 0 Å². The van der Waals surface area contributed by atoms with E-state index in [0.29, 0.717) is 5.82 Å². The van der Waals surface area contributed by atoms with Crippen molar-refractivity contribution in [3.63, 3.8) is 0 Å². The Kier molecular flexibility index (Phi) is 2.19. The van der Waals surface area contributed by atoms with Gasteiger partial charge in [-0.1, -0.05) is 0 Å². The monoisotopic (exact) mass is 210 g/mol. The van der Waals surface area contributed by atoms with Crippen molar-refractivity contribution >= 4 is 23.1 Å². The third-order valence-electron chi connectivity index (χ3n) is 1.42. The minimum absolute atomic E-state index is 0.0654. The van der Waals surface area contributed by atoms with Crippen LogP contribution in [0, 0.1) is 6.92 Å². The number of amides is 1. The summed E-state index contributed by atoms with van der Waals surface area (Å²) < 4.78 is 0. The molecule has 0 saturated heterocycles. The third-order valence-corrected chi connectivity index (χ3v) is 2.19. The summed E-state index contributed by atoms with van der Waals surface area (Å²) in [5.74, 6) is 0.171. The summed E-state index contributed by atoms with van der Waals surface area (Å²) >= 11 is 1.46. The Morgan fingerprint density at radius 1 is 1.64 bits per heavy atom. The van der Waals surface area contributed by atoms with Crippen LogP contribution in [0.5, 0.6) is 0 Å². The number of hydrogen-bond donors (Lipinski definition) is 2. The molecule has 0 aliphatic carbocycles. The van der Waals surface area contributed by atoms with Gasteiger partial charge in [0, 0.05) is 5.38 Å². The molecule has 1 amide bonds. The molecule has 0 atom stereocenters. The van der Waals surface area contributed by atoms with Crippen LogP contribution in [-0.4, -0.2) is 31.5 Å². The molecule has 0 fully saturated rings. The number of aromatic amines is 1. The van der Waals surface area contributed by atoms with Crippen LogP contribution in [0.15, 0.2) is 5.38 Å². The molecule has 0 unspecified atom stereocenters. The molecule has 2 rings (SSSR count). The second-order valence-corrected chi connectivity index (χ2v) is 3.52. The maximum atomic E-state index is 11.4. The molecule has 0 aliphatic heterocycles. The number of rotatable bonds is 2. The van der Waals surface area contributed by atoms with Crippen molar-refractivity contribution in [3.05, 3.63) is 16.2 Å². The summed E-state index contributed by atoms with van der Waals surface area (Å²) in [5, 5.41) is 17.6. The van der Waals surface area contributed by atoms with Gasteiger partial charge in [-0.3, -0.25) is 4.79 Å². The van der Waals surface area contributed by atoms with Gasteiger partial charge in [0.15, 0.2) is 0 Å². The summed E-state index contributed by atoms with van der Waals surface area (Å²) in [6.07, 6.45) is 0. The quantitative estimate of drug-likeness (QED) is 0.738. The fraction of sp³-hybridized carbons (Fsp3) is 0.167. The first-order chi connectivity index (χ1) is 6.75. The largest absolute Gasteiger partial charge is 0.303 e. The molecule has 2 heterocycles. The lowest BCUT2D eigenvalue weighted by Crippen LogP contribution is -2.14. The molecule has 2 aromatic rings. The van der Waals surface area contributed by atoms with E-state index in [4.69, 9.17) is 0 Å². The molecule has 2 N–H and O–H groups in total. The Bertz CT molecular complexity index is 435. The first-order valence-electron chi connectivity index (χ1n) is 3.73. The highest BCUT2D eigenvalue weighted by atomic mass is 32.1. The summed E-state index contributed by atoms with van der Waals surface area (Å²) in [4.78, 5) is 15.4. The van der Waals surface area contributed by atoms with Crippen LogP contribution in [0.4, 0.5) is 5.82 Å². The van der Waals surface area contributed by atoms with Gasteiger partial charge in [-0.05, 0) is 17.4 Å². The lowest BCUT2D eigenvalue weighted by Gasteiger charge is -1.95. The van der Waals surface area contributed by atoms with E-state index in [1.165, 1.54) is 11.3 Å². The predicted molar refractivity (Wildman–Crippen MR) is 49.0 cm³/mol. The summed E-state index contributed by atoms with van der Waals surface area (Å²) in [6, 6.07) is 0. The van der Waals surface area contributed by atoms with Crippen LogP contribution in [0.25, 0.3) is 0 Å². The fourth-order valence-corrected chi connectivity index (χ4v) is 1.40. The molecule has 7 nitrogen and oxygen atoms in total. The van der Waals surface area contributed by atoms with Crippen LogP contribution >= 0.6 is 11.3 Å². The van der Waals surface area contributed by atoms with E-state index >= 15 is 0 Å². The van der Waals surface area contributed by atoms with Crippen LogP contribution in [0.1, 0.15) is 15.6 Å². The number of hydrogen-bond acceptors (Lipinski definition) is 6. The molecular weight excluding hydrogens is 204 g/mol. The zero-order valence-electron chi connectivity index (χ0n) is 7.18. The molecule has 0 bridgehead atoms. The maximum Gasteiger partial charge on any atom is 0.296 e. The van der Waals surface area contributed by atoms with E-state index in [0.717, 1.165) is 5.01 Å². The van der Waals surface area contributed by atoms with Crippen molar-refractivity contribution in [3.8, 4) is 0 Å².